The molecule has 3 aliphatic rings. The summed E-state index contributed by atoms with van der Waals surface area (Å²) < 4.78 is 11.9. The van der Waals surface area contributed by atoms with Gasteiger partial charge >= 0.3 is 0 Å². The van der Waals surface area contributed by atoms with Crippen LogP contribution >= 0.6 is 11.8 Å². The Morgan fingerprint density at radius 1 is 1.06 bits per heavy atom. The van der Waals surface area contributed by atoms with Gasteiger partial charge in [-0.05, 0) is 43.9 Å². The highest BCUT2D eigenvalue weighted by Crippen LogP contribution is 2.52. The van der Waals surface area contributed by atoms with E-state index < -0.39 is 0 Å². The molecule has 0 spiro atoms. The van der Waals surface area contributed by atoms with E-state index in [1.165, 1.54) is 19.3 Å². The second-order valence-electron chi connectivity index (χ2n) is 8.65. The van der Waals surface area contributed by atoms with Crippen LogP contribution in [0.5, 0.6) is 11.5 Å². The first-order valence-corrected chi connectivity index (χ1v) is 12.6. The summed E-state index contributed by atoms with van der Waals surface area (Å²) in [4.78, 5) is 14.8. The quantitative estimate of drug-likeness (QED) is 0.610. The maximum Gasteiger partial charge on any atom is 0.160 e. The number of hydrogen-bond acceptors (Lipinski definition) is 7. The predicted octanol–water partition coefficient (Wildman–Crippen LogP) is 5.07. The van der Waals surface area contributed by atoms with E-state index >= 15 is 0 Å². The molecule has 0 radical (unpaired) electrons. The lowest BCUT2D eigenvalue weighted by Crippen LogP contribution is -2.35. The Morgan fingerprint density at radius 2 is 1.88 bits per heavy atom. The van der Waals surface area contributed by atoms with E-state index in [1.54, 1.807) is 14.2 Å². The van der Waals surface area contributed by atoms with Crippen LogP contribution < -0.4 is 14.4 Å². The number of benzene rings is 1. The summed E-state index contributed by atoms with van der Waals surface area (Å²) >= 11 is 1.86. The highest BCUT2D eigenvalue weighted by molar-refractivity contribution is 8.14. The SMILES string of the molecule is CC[C@@H]1CSC2=N[C@@H](c3ccccn3)[C@@H](c3cc(OC)c(N4CCCCC4)cc3OC)N21. The molecule has 7 heteroatoms. The van der Waals surface area contributed by atoms with Crippen molar-refractivity contribution < 1.29 is 9.47 Å². The summed E-state index contributed by atoms with van der Waals surface area (Å²) in [6.45, 7) is 4.39. The van der Waals surface area contributed by atoms with E-state index in [2.05, 4.69) is 39.9 Å². The Morgan fingerprint density at radius 3 is 2.56 bits per heavy atom. The van der Waals surface area contributed by atoms with Crippen LogP contribution in [0.25, 0.3) is 0 Å². The average molecular weight is 453 g/mol. The third kappa shape index (κ3) is 3.70. The second-order valence-corrected chi connectivity index (χ2v) is 9.64. The Bertz CT molecular complexity index is 977. The minimum absolute atomic E-state index is 0.0408. The number of methoxy groups -OCH3 is 2. The summed E-state index contributed by atoms with van der Waals surface area (Å²) in [7, 11) is 3.54. The van der Waals surface area contributed by atoms with Gasteiger partial charge in [-0.25, -0.2) is 0 Å². The van der Waals surface area contributed by atoms with Crippen molar-refractivity contribution in [2.24, 2.45) is 4.99 Å². The minimum atomic E-state index is -0.0625. The maximum absolute atomic E-state index is 6.00. The van der Waals surface area contributed by atoms with Gasteiger partial charge in [-0.2, -0.15) is 0 Å². The molecule has 0 unspecified atom stereocenters. The Labute approximate surface area is 195 Å². The van der Waals surface area contributed by atoms with Crippen molar-refractivity contribution in [1.82, 2.24) is 9.88 Å². The smallest absolute Gasteiger partial charge is 0.160 e. The van der Waals surface area contributed by atoms with Crippen molar-refractivity contribution in [3.63, 3.8) is 0 Å². The summed E-state index contributed by atoms with van der Waals surface area (Å²) in [5.74, 6) is 2.89. The number of hydrogen-bond donors (Lipinski definition) is 0. The number of aliphatic imine (C=N–C) groups is 1. The zero-order chi connectivity index (χ0) is 22.1. The van der Waals surface area contributed by atoms with Crippen molar-refractivity contribution in [3.8, 4) is 11.5 Å². The Kier molecular flexibility index (Phi) is 6.17. The van der Waals surface area contributed by atoms with Crippen molar-refractivity contribution in [2.45, 2.75) is 50.7 Å². The van der Waals surface area contributed by atoms with Crippen molar-refractivity contribution in [3.05, 3.63) is 47.8 Å². The number of pyridine rings is 1. The number of piperidine rings is 1. The summed E-state index contributed by atoms with van der Waals surface area (Å²) in [5, 5.41) is 1.12. The molecular weight excluding hydrogens is 420 g/mol. The largest absolute Gasteiger partial charge is 0.496 e. The molecule has 0 N–H and O–H groups in total. The van der Waals surface area contributed by atoms with Gasteiger partial charge in [0.15, 0.2) is 5.17 Å². The molecule has 2 saturated heterocycles. The minimum Gasteiger partial charge on any atom is -0.496 e. The van der Waals surface area contributed by atoms with Gasteiger partial charge < -0.3 is 19.3 Å². The molecule has 3 aliphatic heterocycles. The van der Waals surface area contributed by atoms with Crippen LogP contribution in [-0.4, -0.2) is 54.2 Å². The van der Waals surface area contributed by atoms with Crippen LogP contribution in [0.2, 0.25) is 0 Å². The molecule has 0 amide bonds. The lowest BCUT2D eigenvalue weighted by Gasteiger charge is -2.34. The number of ether oxygens (including phenoxy) is 2. The monoisotopic (exact) mass is 452 g/mol. The average Bonchev–Trinajstić information content (AvgIpc) is 3.43. The molecule has 2 aromatic rings. The van der Waals surface area contributed by atoms with E-state index in [1.807, 2.05) is 30.1 Å². The van der Waals surface area contributed by atoms with E-state index in [4.69, 9.17) is 14.5 Å². The molecule has 2 fully saturated rings. The maximum atomic E-state index is 6.00. The lowest BCUT2D eigenvalue weighted by molar-refractivity contribution is 0.248. The van der Waals surface area contributed by atoms with Gasteiger partial charge in [0.1, 0.15) is 17.5 Å². The van der Waals surface area contributed by atoms with Crippen LogP contribution in [0.1, 0.15) is 55.9 Å². The van der Waals surface area contributed by atoms with Gasteiger partial charge in [-0.15, -0.1) is 0 Å². The van der Waals surface area contributed by atoms with Crippen LogP contribution in [0, 0.1) is 0 Å². The zero-order valence-electron chi connectivity index (χ0n) is 19.2. The highest BCUT2D eigenvalue weighted by Gasteiger charge is 2.46. The van der Waals surface area contributed by atoms with Crippen LogP contribution in [0.3, 0.4) is 0 Å². The number of anilines is 1. The molecular formula is C25H32N4O2S. The topological polar surface area (TPSA) is 50.2 Å². The van der Waals surface area contributed by atoms with Gasteiger partial charge in [0, 0.05) is 42.7 Å². The van der Waals surface area contributed by atoms with Crippen molar-refractivity contribution >= 4 is 22.6 Å². The summed E-state index contributed by atoms with van der Waals surface area (Å²) in [6, 6.07) is 10.9. The Hall–Kier alpha value is -2.41. The predicted molar refractivity (Wildman–Crippen MR) is 131 cm³/mol. The second kappa shape index (κ2) is 9.22. The van der Waals surface area contributed by atoms with E-state index in [-0.39, 0.29) is 12.1 Å². The third-order valence-corrected chi connectivity index (χ3v) is 8.00. The number of rotatable bonds is 6. The molecule has 0 aliphatic carbocycles. The van der Waals surface area contributed by atoms with Crippen LogP contribution in [0.4, 0.5) is 5.69 Å². The number of aromatic nitrogens is 1. The highest BCUT2D eigenvalue weighted by atomic mass is 32.2. The number of amidine groups is 1. The van der Waals surface area contributed by atoms with E-state index in [0.717, 1.165) is 58.9 Å². The number of thioether (sulfide) groups is 1. The third-order valence-electron chi connectivity index (χ3n) is 6.88. The molecule has 0 saturated carbocycles. The van der Waals surface area contributed by atoms with Crippen LogP contribution in [0.15, 0.2) is 41.5 Å². The van der Waals surface area contributed by atoms with Gasteiger partial charge in [-0.1, -0.05) is 24.8 Å². The first-order chi connectivity index (χ1) is 15.7. The number of fused-ring (bicyclic) bond motifs is 1. The molecule has 6 nitrogen and oxygen atoms in total. The van der Waals surface area contributed by atoms with Gasteiger partial charge in [-0.3, -0.25) is 9.98 Å². The van der Waals surface area contributed by atoms with Crippen LogP contribution in [-0.2, 0) is 0 Å². The molecule has 1 aromatic carbocycles. The van der Waals surface area contributed by atoms with Gasteiger partial charge in [0.05, 0.1) is 31.6 Å². The molecule has 3 atom stereocenters. The van der Waals surface area contributed by atoms with E-state index in [9.17, 15) is 0 Å². The lowest BCUT2D eigenvalue weighted by atomic mass is 9.93. The molecule has 0 bridgehead atoms. The molecule has 170 valence electrons. The first-order valence-electron chi connectivity index (χ1n) is 11.7. The summed E-state index contributed by atoms with van der Waals surface area (Å²) in [6.07, 6.45) is 6.68. The Balaban J connectivity index is 1.61. The van der Waals surface area contributed by atoms with Crippen molar-refractivity contribution in [1.29, 1.82) is 0 Å². The van der Waals surface area contributed by atoms with Crippen molar-refractivity contribution in [2.75, 3.05) is 38.0 Å². The normalized spacial score (nSPS) is 25.0. The molecule has 4 heterocycles. The zero-order valence-corrected chi connectivity index (χ0v) is 20.0. The van der Waals surface area contributed by atoms with Gasteiger partial charge in [0.25, 0.3) is 0 Å². The fraction of sp³-hybridized carbons (Fsp3) is 0.520. The fourth-order valence-electron chi connectivity index (χ4n) is 5.21. The fourth-order valence-corrected chi connectivity index (χ4v) is 6.54. The van der Waals surface area contributed by atoms with Gasteiger partial charge in [0.2, 0.25) is 0 Å². The molecule has 5 rings (SSSR count). The number of nitrogens with zero attached hydrogens (tertiary/aromatic N) is 4. The van der Waals surface area contributed by atoms with E-state index in [0.29, 0.717) is 6.04 Å². The molecule has 32 heavy (non-hydrogen) atoms. The standard InChI is InChI=1S/C25H32N4O2S/c1-4-17-16-32-25-27-23(19-10-6-7-11-26-19)24(29(17)25)18-14-22(31-3)20(15-21(18)30-2)28-12-8-5-9-13-28/h6-7,10-11,14-15,17,23-24H,4-5,8-9,12-13,16H2,1-3H3/t17-,23+,24-/m1/s1. The molecule has 1 aromatic heterocycles. The summed E-state index contributed by atoms with van der Waals surface area (Å²) in [5.41, 5.74) is 3.25. The first kappa shape index (κ1) is 21.4.